The highest BCUT2D eigenvalue weighted by Gasteiger charge is 2.20. The monoisotopic (exact) mass is 299 g/mol. The molecule has 0 bridgehead atoms. The fraction of sp³-hybridized carbons (Fsp3) is 0.250. The molecule has 0 radical (unpaired) electrons. The molecule has 1 aliphatic heterocycles. The van der Waals surface area contributed by atoms with E-state index < -0.39 is 0 Å². The average Bonchev–Trinajstić information content (AvgIpc) is 2.89. The molecule has 0 saturated carbocycles. The van der Waals surface area contributed by atoms with Crippen molar-refractivity contribution in [1.29, 1.82) is 0 Å². The summed E-state index contributed by atoms with van der Waals surface area (Å²) in [5.74, 6) is 0.416. The number of rotatable bonds is 2. The van der Waals surface area contributed by atoms with Crippen molar-refractivity contribution in [2.24, 2.45) is 0 Å². The highest BCUT2D eigenvalue weighted by atomic mass is 16.3. The van der Waals surface area contributed by atoms with Crippen LogP contribution in [0.2, 0.25) is 0 Å². The van der Waals surface area contributed by atoms with Crippen LogP contribution in [0.3, 0.4) is 0 Å². The summed E-state index contributed by atoms with van der Waals surface area (Å²) in [4.78, 5) is 18.3. The van der Waals surface area contributed by atoms with E-state index in [2.05, 4.69) is 9.55 Å². The van der Waals surface area contributed by atoms with Crippen LogP contribution >= 0.6 is 0 Å². The molecular formula is C16H17N3O3. The van der Waals surface area contributed by atoms with Crippen LogP contribution < -0.4 is 0 Å². The Morgan fingerprint density at radius 1 is 1.27 bits per heavy atom. The first-order valence-corrected chi connectivity index (χ1v) is 7.04. The maximum absolute atomic E-state index is 12.2. The second-order valence-corrected chi connectivity index (χ2v) is 5.31. The zero-order chi connectivity index (χ0) is 15.7. The minimum atomic E-state index is -0.204. The van der Waals surface area contributed by atoms with Gasteiger partial charge in [-0.15, -0.1) is 0 Å². The second-order valence-electron chi connectivity index (χ2n) is 5.31. The lowest BCUT2D eigenvalue weighted by molar-refractivity contribution is -0.127. The molecule has 2 heterocycles. The molecule has 1 aromatic heterocycles. The van der Waals surface area contributed by atoms with E-state index in [-0.39, 0.29) is 17.4 Å². The highest BCUT2D eigenvalue weighted by Crippen LogP contribution is 2.25. The summed E-state index contributed by atoms with van der Waals surface area (Å²) in [6, 6.07) is 4.43. The maximum atomic E-state index is 12.2. The summed E-state index contributed by atoms with van der Waals surface area (Å²) in [5, 5.41) is 18.7. The molecule has 1 aromatic carbocycles. The number of fused-ring (bicyclic) bond motifs is 1. The number of aromatic nitrogens is 2. The van der Waals surface area contributed by atoms with E-state index in [1.54, 1.807) is 17.0 Å². The highest BCUT2D eigenvalue weighted by molar-refractivity contribution is 5.91. The van der Waals surface area contributed by atoms with Gasteiger partial charge >= 0.3 is 0 Å². The van der Waals surface area contributed by atoms with Crippen molar-refractivity contribution in [1.82, 2.24) is 14.5 Å². The van der Waals surface area contributed by atoms with E-state index in [0.29, 0.717) is 18.7 Å². The largest absolute Gasteiger partial charge is 0.504 e. The Morgan fingerprint density at radius 2 is 2.09 bits per heavy atom. The van der Waals surface area contributed by atoms with Crippen molar-refractivity contribution in [3.8, 4) is 11.5 Å². The third-order valence-electron chi connectivity index (χ3n) is 3.79. The smallest absolute Gasteiger partial charge is 0.247 e. The van der Waals surface area contributed by atoms with E-state index in [0.717, 1.165) is 18.1 Å². The molecule has 0 atom stereocenters. The van der Waals surface area contributed by atoms with Gasteiger partial charge in [-0.3, -0.25) is 4.79 Å². The van der Waals surface area contributed by atoms with E-state index in [1.165, 1.54) is 18.2 Å². The lowest BCUT2D eigenvalue weighted by Gasteiger charge is -2.27. The first-order chi connectivity index (χ1) is 10.5. The summed E-state index contributed by atoms with van der Waals surface area (Å²) in [6.07, 6.45) is 4.91. The van der Waals surface area contributed by atoms with Crippen LogP contribution in [0.1, 0.15) is 17.1 Å². The molecule has 1 aliphatic rings. The lowest BCUT2D eigenvalue weighted by Crippen LogP contribution is -2.37. The van der Waals surface area contributed by atoms with Gasteiger partial charge in [0, 0.05) is 31.1 Å². The second kappa shape index (κ2) is 5.55. The Hall–Kier alpha value is -2.76. The summed E-state index contributed by atoms with van der Waals surface area (Å²) >= 11 is 0. The number of carbonyl (C=O) groups is 1. The van der Waals surface area contributed by atoms with Crippen LogP contribution in [-0.2, 0) is 17.9 Å². The molecule has 2 aromatic rings. The number of carbonyl (C=O) groups excluding carboxylic acids is 1. The number of aryl methyl sites for hydroxylation is 1. The number of phenolic OH excluding ortho intramolecular Hbond substituents is 2. The standard InChI is InChI=1S/C16H17N3O3/c1-11-9-17-15-10-18(6-7-19(11)15)16(22)5-3-12-2-4-13(20)14(21)8-12/h2-5,8-9,20-21H,6-7,10H2,1H3/b5-3+. The number of imidazole rings is 1. The van der Waals surface area contributed by atoms with Crippen molar-refractivity contribution in [2.45, 2.75) is 20.0 Å². The van der Waals surface area contributed by atoms with E-state index >= 15 is 0 Å². The first kappa shape index (κ1) is 14.2. The van der Waals surface area contributed by atoms with Crippen LogP contribution in [0.5, 0.6) is 11.5 Å². The molecule has 1 amide bonds. The Labute approximate surface area is 127 Å². The summed E-state index contributed by atoms with van der Waals surface area (Å²) in [6.45, 7) is 3.90. The van der Waals surface area contributed by atoms with Gasteiger partial charge in [0.1, 0.15) is 5.82 Å². The molecule has 6 nitrogen and oxygen atoms in total. The predicted octanol–water partition coefficient (Wildman–Crippen LogP) is 1.66. The predicted molar refractivity (Wildman–Crippen MR) is 81.2 cm³/mol. The molecule has 3 rings (SSSR count). The number of amides is 1. The molecule has 0 unspecified atom stereocenters. The molecule has 2 N–H and O–H groups in total. The number of benzene rings is 1. The van der Waals surface area contributed by atoms with Crippen LogP contribution in [0.25, 0.3) is 6.08 Å². The van der Waals surface area contributed by atoms with Crippen molar-refractivity contribution in [2.75, 3.05) is 6.54 Å². The zero-order valence-corrected chi connectivity index (χ0v) is 12.2. The summed E-state index contributed by atoms with van der Waals surface area (Å²) in [7, 11) is 0. The minimum Gasteiger partial charge on any atom is -0.504 e. The van der Waals surface area contributed by atoms with E-state index in [1.807, 2.05) is 13.1 Å². The van der Waals surface area contributed by atoms with Crippen LogP contribution in [0.4, 0.5) is 0 Å². The zero-order valence-electron chi connectivity index (χ0n) is 12.2. The number of hydrogen-bond donors (Lipinski definition) is 2. The lowest BCUT2D eigenvalue weighted by atomic mass is 10.2. The quantitative estimate of drug-likeness (QED) is 0.653. The first-order valence-electron chi connectivity index (χ1n) is 7.04. The number of phenols is 2. The SMILES string of the molecule is Cc1cnc2n1CCN(C(=O)/C=C/c1ccc(O)c(O)c1)C2. The summed E-state index contributed by atoms with van der Waals surface area (Å²) < 4.78 is 2.12. The van der Waals surface area contributed by atoms with Gasteiger partial charge in [-0.05, 0) is 30.7 Å². The Balaban J connectivity index is 1.70. The van der Waals surface area contributed by atoms with Gasteiger partial charge in [-0.2, -0.15) is 0 Å². The normalized spacial score (nSPS) is 14.3. The topological polar surface area (TPSA) is 78.6 Å². The van der Waals surface area contributed by atoms with Gasteiger partial charge in [0.2, 0.25) is 5.91 Å². The van der Waals surface area contributed by atoms with Gasteiger partial charge in [0.25, 0.3) is 0 Å². The van der Waals surface area contributed by atoms with Gasteiger partial charge < -0.3 is 19.7 Å². The number of aromatic hydroxyl groups is 2. The van der Waals surface area contributed by atoms with Crippen molar-refractivity contribution in [3.63, 3.8) is 0 Å². The Morgan fingerprint density at radius 3 is 2.86 bits per heavy atom. The molecule has 0 saturated heterocycles. The third-order valence-corrected chi connectivity index (χ3v) is 3.79. The maximum Gasteiger partial charge on any atom is 0.247 e. The Kier molecular flexibility index (Phi) is 3.58. The van der Waals surface area contributed by atoms with Crippen LogP contribution in [0, 0.1) is 6.92 Å². The fourth-order valence-corrected chi connectivity index (χ4v) is 2.52. The molecule has 0 fully saturated rings. The number of hydrogen-bond acceptors (Lipinski definition) is 4. The van der Waals surface area contributed by atoms with Gasteiger partial charge in [0.05, 0.1) is 6.54 Å². The minimum absolute atomic E-state index is 0.0977. The van der Waals surface area contributed by atoms with Crippen molar-refractivity contribution >= 4 is 12.0 Å². The molecule has 6 heteroatoms. The van der Waals surface area contributed by atoms with Crippen molar-refractivity contribution < 1.29 is 15.0 Å². The molecule has 0 aliphatic carbocycles. The van der Waals surface area contributed by atoms with Crippen LogP contribution in [-0.4, -0.2) is 37.1 Å². The van der Waals surface area contributed by atoms with Crippen molar-refractivity contribution in [3.05, 3.63) is 47.6 Å². The Bertz CT molecular complexity index is 749. The number of nitrogens with zero attached hydrogens (tertiary/aromatic N) is 3. The van der Waals surface area contributed by atoms with E-state index in [4.69, 9.17) is 0 Å². The molecule has 114 valence electrons. The molecule has 0 spiro atoms. The third kappa shape index (κ3) is 2.67. The van der Waals surface area contributed by atoms with Gasteiger partial charge in [-0.25, -0.2) is 4.98 Å². The van der Waals surface area contributed by atoms with Gasteiger partial charge in [-0.1, -0.05) is 6.07 Å². The van der Waals surface area contributed by atoms with Gasteiger partial charge in [0.15, 0.2) is 11.5 Å². The molecular weight excluding hydrogens is 282 g/mol. The average molecular weight is 299 g/mol. The summed E-state index contributed by atoms with van der Waals surface area (Å²) in [5.41, 5.74) is 1.76. The van der Waals surface area contributed by atoms with Crippen LogP contribution in [0.15, 0.2) is 30.5 Å². The molecule has 22 heavy (non-hydrogen) atoms. The van der Waals surface area contributed by atoms with E-state index in [9.17, 15) is 15.0 Å². The fourth-order valence-electron chi connectivity index (χ4n) is 2.52.